The van der Waals surface area contributed by atoms with Crippen LogP contribution in [-0.2, 0) is 12.8 Å². The monoisotopic (exact) mass is 303 g/mol. The van der Waals surface area contributed by atoms with Gasteiger partial charge in [0.05, 0.1) is 0 Å². The molecule has 0 aliphatic carbocycles. The van der Waals surface area contributed by atoms with Crippen molar-refractivity contribution in [2.75, 3.05) is 0 Å². The Kier molecular flexibility index (Phi) is 4.43. The van der Waals surface area contributed by atoms with Crippen LogP contribution in [0.3, 0.4) is 0 Å². The van der Waals surface area contributed by atoms with E-state index in [-0.39, 0.29) is 0 Å². The van der Waals surface area contributed by atoms with Crippen LogP contribution in [0.25, 0.3) is 0 Å². The van der Waals surface area contributed by atoms with Crippen molar-refractivity contribution in [3.05, 3.63) is 95.1 Å². The zero-order valence-electron chi connectivity index (χ0n) is 12.6. The van der Waals surface area contributed by atoms with Crippen molar-refractivity contribution in [1.29, 1.82) is 0 Å². The van der Waals surface area contributed by atoms with Crippen molar-refractivity contribution in [2.45, 2.75) is 12.8 Å². The molecule has 0 aliphatic rings. The van der Waals surface area contributed by atoms with Crippen LogP contribution in [0, 0.1) is 0 Å². The predicted molar refractivity (Wildman–Crippen MR) is 89.0 cm³/mol. The van der Waals surface area contributed by atoms with E-state index in [9.17, 15) is 4.79 Å². The molecule has 0 bridgehead atoms. The van der Waals surface area contributed by atoms with Crippen molar-refractivity contribution in [3.63, 3.8) is 0 Å². The van der Waals surface area contributed by atoms with Crippen LogP contribution in [0.5, 0.6) is 0 Å². The van der Waals surface area contributed by atoms with Crippen LogP contribution < -0.4 is 5.73 Å². The molecule has 2 heterocycles. The average Bonchev–Trinajstić information content (AvgIpc) is 2.58. The molecule has 4 nitrogen and oxygen atoms in total. The van der Waals surface area contributed by atoms with E-state index < -0.39 is 5.91 Å². The van der Waals surface area contributed by atoms with Gasteiger partial charge in [0.25, 0.3) is 0 Å². The van der Waals surface area contributed by atoms with E-state index in [2.05, 4.69) is 9.97 Å². The first kappa shape index (κ1) is 14.9. The summed E-state index contributed by atoms with van der Waals surface area (Å²) in [4.78, 5) is 20.5. The van der Waals surface area contributed by atoms with Gasteiger partial charge in [-0.05, 0) is 41.5 Å². The number of nitrogens with two attached hydrogens (primary N) is 1. The summed E-state index contributed by atoms with van der Waals surface area (Å²) >= 11 is 0. The molecule has 2 N–H and O–H groups in total. The molecule has 4 heteroatoms. The largest absolute Gasteiger partial charge is 0.366 e. The molecule has 3 rings (SSSR count). The third-order valence-corrected chi connectivity index (χ3v) is 3.72. The summed E-state index contributed by atoms with van der Waals surface area (Å²) in [6.45, 7) is 0. The second kappa shape index (κ2) is 6.83. The Hall–Kier alpha value is -3.01. The maximum Gasteiger partial charge on any atom is 0.248 e. The van der Waals surface area contributed by atoms with E-state index in [0.717, 1.165) is 22.5 Å². The summed E-state index contributed by atoms with van der Waals surface area (Å²) in [5, 5.41) is 0. The first-order valence-corrected chi connectivity index (χ1v) is 7.44. The van der Waals surface area contributed by atoms with E-state index in [4.69, 9.17) is 5.73 Å². The molecule has 114 valence electrons. The van der Waals surface area contributed by atoms with E-state index in [1.54, 1.807) is 18.5 Å². The summed E-state index contributed by atoms with van der Waals surface area (Å²) in [7, 11) is 0. The fourth-order valence-electron chi connectivity index (χ4n) is 2.62. The molecule has 0 saturated heterocycles. The van der Waals surface area contributed by atoms with Crippen LogP contribution in [-0.4, -0.2) is 15.9 Å². The lowest BCUT2D eigenvalue weighted by Crippen LogP contribution is -2.16. The number of carbonyl (C=O) groups excluding carboxylic acids is 1. The summed E-state index contributed by atoms with van der Waals surface area (Å²) < 4.78 is 0. The van der Waals surface area contributed by atoms with Gasteiger partial charge in [-0.3, -0.25) is 14.8 Å². The van der Waals surface area contributed by atoms with Crippen molar-refractivity contribution in [1.82, 2.24) is 9.97 Å². The Morgan fingerprint density at radius 2 is 1.48 bits per heavy atom. The Bertz CT molecular complexity index is 801. The molecule has 0 spiro atoms. The smallest absolute Gasteiger partial charge is 0.248 e. The molecule has 0 unspecified atom stereocenters. The van der Waals surface area contributed by atoms with Gasteiger partial charge in [-0.1, -0.05) is 24.3 Å². The van der Waals surface area contributed by atoms with Crippen molar-refractivity contribution in [2.24, 2.45) is 5.73 Å². The van der Waals surface area contributed by atoms with Gasteiger partial charge < -0.3 is 5.73 Å². The summed E-state index contributed by atoms with van der Waals surface area (Å²) in [6, 6.07) is 17.2. The van der Waals surface area contributed by atoms with Gasteiger partial charge in [-0.2, -0.15) is 0 Å². The summed E-state index contributed by atoms with van der Waals surface area (Å²) in [6.07, 6.45) is 4.75. The highest BCUT2D eigenvalue weighted by atomic mass is 16.1. The number of benzene rings is 1. The third kappa shape index (κ3) is 3.61. The second-order valence-corrected chi connectivity index (χ2v) is 5.30. The molecule has 0 atom stereocenters. The Morgan fingerprint density at radius 1 is 0.826 bits per heavy atom. The van der Waals surface area contributed by atoms with Crippen LogP contribution >= 0.6 is 0 Å². The topological polar surface area (TPSA) is 68.9 Å². The van der Waals surface area contributed by atoms with Crippen molar-refractivity contribution < 1.29 is 4.79 Å². The highest BCUT2D eigenvalue weighted by Crippen LogP contribution is 2.20. The number of primary amides is 1. The highest BCUT2D eigenvalue weighted by Gasteiger charge is 2.14. The van der Waals surface area contributed by atoms with Crippen LogP contribution in [0.1, 0.15) is 32.9 Å². The van der Waals surface area contributed by atoms with Gasteiger partial charge in [0.1, 0.15) is 0 Å². The normalized spacial score (nSPS) is 10.4. The number of nitrogens with zero attached hydrogens (tertiary/aromatic N) is 2. The third-order valence-electron chi connectivity index (χ3n) is 3.72. The number of rotatable bonds is 5. The van der Waals surface area contributed by atoms with Gasteiger partial charge in [0.2, 0.25) is 5.91 Å². The van der Waals surface area contributed by atoms with Gasteiger partial charge in [-0.25, -0.2) is 0 Å². The molecule has 0 saturated carbocycles. The van der Waals surface area contributed by atoms with Crippen molar-refractivity contribution >= 4 is 5.91 Å². The minimum Gasteiger partial charge on any atom is -0.366 e. The maximum atomic E-state index is 11.8. The van der Waals surface area contributed by atoms with E-state index in [0.29, 0.717) is 18.4 Å². The summed E-state index contributed by atoms with van der Waals surface area (Å²) in [5.41, 5.74) is 9.93. The van der Waals surface area contributed by atoms with E-state index in [1.165, 1.54) is 0 Å². The lowest BCUT2D eigenvalue weighted by atomic mass is 9.93. The molecule has 0 fully saturated rings. The standard InChI is InChI=1S/C19H17N3O/c20-19(23)17-9-5-6-14(12-15-7-1-3-10-21-15)18(17)13-16-8-2-4-11-22-16/h1-11H,12-13H2,(H2,20,23). The molecule has 0 radical (unpaired) electrons. The molecule has 3 aromatic rings. The summed E-state index contributed by atoms with van der Waals surface area (Å²) in [5.74, 6) is -0.418. The minimum atomic E-state index is -0.418. The molecule has 2 aromatic heterocycles. The van der Waals surface area contributed by atoms with Crippen LogP contribution in [0.2, 0.25) is 0 Å². The van der Waals surface area contributed by atoms with Gasteiger partial charge >= 0.3 is 0 Å². The molecule has 1 aromatic carbocycles. The Balaban J connectivity index is 2.01. The first-order chi connectivity index (χ1) is 11.2. The molecule has 1 amide bonds. The Labute approximate surface area is 135 Å². The van der Waals surface area contributed by atoms with E-state index in [1.807, 2.05) is 48.5 Å². The van der Waals surface area contributed by atoms with Gasteiger partial charge in [-0.15, -0.1) is 0 Å². The fraction of sp³-hybridized carbons (Fsp3) is 0.105. The van der Waals surface area contributed by atoms with Crippen LogP contribution in [0.4, 0.5) is 0 Å². The highest BCUT2D eigenvalue weighted by molar-refractivity contribution is 5.94. The molecule has 23 heavy (non-hydrogen) atoms. The predicted octanol–water partition coefficient (Wildman–Crippen LogP) is 2.76. The first-order valence-electron chi connectivity index (χ1n) is 7.44. The molecule has 0 aliphatic heterocycles. The number of pyridine rings is 2. The zero-order valence-corrected chi connectivity index (χ0v) is 12.6. The number of hydrogen-bond acceptors (Lipinski definition) is 3. The SMILES string of the molecule is NC(=O)c1cccc(Cc2ccccn2)c1Cc1ccccn1. The number of aromatic nitrogens is 2. The quantitative estimate of drug-likeness (QED) is 0.788. The van der Waals surface area contributed by atoms with Crippen molar-refractivity contribution in [3.8, 4) is 0 Å². The molecular formula is C19H17N3O. The van der Waals surface area contributed by atoms with E-state index >= 15 is 0 Å². The van der Waals surface area contributed by atoms with Gasteiger partial charge in [0.15, 0.2) is 0 Å². The van der Waals surface area contributed by atoms with Gasteiger partial charge in [0, 0.05) is 42.2 Å². The minimum absolute atomic E-state index is 0.418. The molecular weight excluding hydrogens is 286 g/mol. The average molecular weight is 303 g/mol. The maximum absolute atomic E-state index is 11.8. The Morgan fingerprint density at radius 3 is 2.04 bits per heavy atom. The van der Waals surface area contributed by atoms with Crippen LogP contribution in [0.15, 0.2) is 67.0 Å². The number of carbonyl (C=O) groups is 1. The zero-order chi connectivity index (χ0) is 16.1. The number of amides is 1. The lowest BCUT2D eigenvalue weighted by Gasteiger charge is -2.13. The lowest BCUT2D eigenvalue weighted by molar-refractivity contribution is 0.0999. The fourth-order valence-corrected chi connectivity index (χ4v) is 2.62. The number of hydrogen-bond donors (Lipinski definition) is 1. The second-order valence-electron chi connectivity index (χ2n) is 5.30.